The predicted molar refractivity (Wildman–Crippen MR) is 73.1 cm³/mol. The first-order valence-corrected chi connectivity index (χ1v) is 7.20. The molecule has 18 heavy (non-hydrogen) atoms. The van der Waals surface area contributed by atoms with Crippen LogP contribution in [0.15, 0.2) is 18.2 Å². The number of anilines is 1. The highest BCUT2D eigenvalue weighted by Crippen LogP contribution is 2.27. The molecule has 1 saturated heterocycles. The SMILES string of the molecule is C[C@H]1CC[C@H](Oc2cccc(N3CCC3)n2)CC1. The summed E-state index contributed by atoms with van der Waals surface area (Å²) in [5.41, 5.74) is 0. The van der Waals surface area contributed by atoms with Gasteiger partial charge in [0.1, 0.15) is 11.9 Å². The summed E-state index contributed by atoms with van der Waals surface area (Å²) in [6.07, 6.45) is 6.59. The lowest BCUT2D eigenvalue weighted by atomic mass is 9.89. The highest BCUT2D eigenvalue weighted by molar-refractivity contribution is 5.42. The Hall–Kier alpha value is -1.25. The molecule has 0 atom stereocenters. The fraction of sp³-hybridized carbons (Fsp3) is 0.667. The normalized spacial score (nSPS) is 27.7. The molecular formula is C15H22N2O. The van der Waals surface area contributed by atoms with Gasteiger partial charge in [-0.05, 0) is 44.1 Å². The van der Waals surface area contributed by atoms with Crippen LogP contribution in [0.4, 0.5) is 5.82 Å². The summed E-state index contributed by atoms with van der Waals surface area (Å²) in [5.74, 6) is 2.74. The number of hydrogen-bond acceptors (Lipinski definition) is 3. The van der Waals surface area contributed by atoms with Crippen molar-refractivity contribution in [2.75, 3.05) is 18.0 Å². The first-order valence-electron chi connectivity index (χ1n) is 7.20. The summed E-state index contributed by atoms with van der Waals surface area (Å²) in [5, 5.41) is 0. The van der Waals surface area contributed by atoms with Crippen LogP contribution in [-0.2, 0) is 0 Å². The van der Waals surface area contributed by atoms with E-state index in [1.165, 1.54) is 32.1 Å². The molecule has 3 rings (SSSR count). The molecule has 1 aliphatic heterocycles. The zero-order valence-corrected chi connectivity index (χ0v) is 11.1. The number of rotatable bonds is 3. The Morgan fingerprint density at radius 1 is 1.17 bits per heavy atom. The zero-order valence-electron chi connectivity index (χ0n) is 11.1. The van der Waals surface area contributed by atoms with Crippen molar-refractivity contribution in [2.24, 2.45) is 5.92 Å². The van der Waals surface area contributed by atoms with E-state index in [0.717, 1.165) is 30.7 Å². The summed E-state index contributed by atoms with van der Waals surface area (Å²) in [6.45, 7) is 4.60. The highest BCUT2D eigenvalue weighted by Gasteiger charge is 2.21. The molecular weight excluding hydrogens is 224 g/mol. The van der Waals surface area contributed by atoms with Gasteiger partial charge in [0.15, 0.2) is 0 Å². The molecule has 1 saturated carbocycles. The number of pyridine rings is 1. The molecule has 2 heterocycles. The Morgan fingerprint density at radius 3 is 2.61 bits per heavy atom. The number of hydrogen-bond donors (Lipinski definition) is 0. The van der Waals surface area contributed by atoms with Gasteiger partial charge in [-0.3, -0.25) is 0 Å². The van der Waals surface area contributed by atoms with Crippen LogP contribution in [-0.4, -0.2) is 24.2 Å². The van der Waals surface area contributed by atoms with E-state index in [1.54, 1.807) is 0 Å². The van der Waals surface area contributed by atoms with Crippen molar-refractivity contribution >= 4 is 5.82 Å². The third-order valence-electron chi connectivity index (χ3n) is 4.14. The lowest BCUT2D eigenvalue weighted by molar-refractivity contribution is 0.130. The van der Waals surface area contributed by atoms with E-state index in [1.807, 2.05) is 6.07 Å². The van der Waals surface area contributed by atoms with Crippen molar-refractivity contribution in [1.82, 2.24) is 4.98 Å². The molecule has 3 heteroatoms. The van der Waals surface area contributed by atoms with Gasteiger partial charge >= 0.3 is 0 Å². The van der Waals surface area contributed by atoms with E-state index < -0.39 is 0 Å². The van der Waals surface area contributed by atoms with Gasteiger partial charge < -0.3 is 9.64 Å². The molecule has 1 aliphatic carbocycles. The van der Waals surface area contributed by atoms with Crippen LogP contribution in [0, 0.1) is 5.92 Å². The van der Waals surface area contributed by atoms with Gasteiger partial charge in [0, 0.05) is 19.2 Å². The van der Waals surface area contributed by atoms with Gasteiger partial charge in [-0.2, -0.15) is 4.98 Å². The second kappa shape index (κ2) is 5.17. The van der Waals surface area contributed by atoms with E-state index in [-0.39, 0.29) is 0 Å². The first kappa shape index (κ1) is 11.8. The predicted octanol–water partition coefficient (Wildman–Crippen LogP) is 3.25. The summed E-state index contributed by atoms with van der Waals surface area (Å²) in [7, 11) is 0. The summed E-state index contributed by atoms with van der Waals surface area (Å²) >= 11 is 0. The quantitative estimate of drug-likeness (QED) is 0.818. The molecule has 2 fully saturated rings. The van der Waals surface area contributed by atoms with Crippen LogP contribution >= 0.6 is 0 Å². The maximum Gasteiger partial charge on any atom is 0.215 e. The molecule has 3 nitrogen and oxygen atoms in total. The molecule has 0 aromatic carbocycles. The van der Waals surface area contributed by atoms with E-state index in [2.05, 4.69) is 28.9 Å². The minimum Gasteiger partial charge on any atom is -0.474 e. The van der Waals surface area contributed by atoms with E-state index in [0.29, 0.717) is 6.10 Å². The van der Waals surface area contributed by atoms with Gasteiger partial charge in [0.25, 0.3) is 0 Å². The largest absolute Gasteiger partial charge is 0.474 e. The molecule has 0 spiro atoms. The standard InChI is InChI=1S/C15H22N2O/c1-12-6-8-13(9-7-12)18-15-5-2-4-14(16-15)17-10-3-11-17/h2,4-5,12-13H,3,6-11H2,1H3/t12-,13-. The Balaban J connectivity index is 1.61. The molecule has 2 aliphatic rings. The lowest BCUT2D eigenvalue weighted by Crippen LogP contribution is -2.37. The van der Waals surface area contributed by atoms with Crippen LogP contribution < -0.4 is 9.64 Å². The minimum absolute atomic E-state index is 0.375. The highest BCUT2D eigenvalue weighted by atomic mass is 16.5. The lowest BCUT2D eigenvalue weighted by Gasteiger charge is -2.32. The van der Waals surface area contributed by atoms with Crippen LogP contribution in [0.25, 0.3) is 0 Å². The Bertz CT molecular complexity index is 395. The molecule has 1 aromatic heterocycles. The van der Waals surface area contributed by atoms with Crippen molar-refractivity contribution in [3.05, 3.63) is 18.2 Å². The van der Waals surface area contributed by atoms with E-state index >= 15 is 0 Å². The monoisotopic (exact) mass is 246 g/mol. The van der Waals surface area contributed by atoms with Crippen molar-refractivity contribution in [3.63, 3.8) is 0 Å². The van der Waals surface area contributed by atoms with Crippen LogP contribution in [0.2, 0.25) is 0 Å². The van der Waals surface area contributed by atoms with Crippen LogP contribution in [0.1, 0.15) is 39.0 Å². The molecule has 98 valence electrons. The van der Waals surface area contributed by atoms with Crippen molar-refractivity contribution < 1.29 is 4.74 Å². The Labute approximate surface area is 109 Å². The molecule has 0 bridgehead atoms. The van der Waals surface area contributed by atoms with Crippen LogP contribution in [0.5, 0.6) is 5.88 Å². The van der Waals surface area contributed by atoms with Crippen molar-refractivity contribution in [3.8, 4) is 5.88 Å². The molecule has 0 N–H and O–H groups in total. The van der Waals surface area contributed by atoms with E-state index in [9.17, 15) is 0 Å². The fourth-order valence-electron chi connectivity index (χ4n) is 2.71. The summed E-state index contributed by atoms with van der Waals surface area (Å²) in [6, 6.07) is 6.12. The number of ether oxygens (including phenoxy) is 1. The van der Waals surface area contributed by atoms with Gasteiger partial charge in [0.2, 0.25) is 5.88 Å². The van der Waals surface area contributed by atoms with E-state index in [4.69, 9.17) is 4.74 Å². The van der Waals surface area contributed by atoms with Gasteiger partial charge in [-0.1, -0.05) is 13.0 Å². The van der Waals surface area contributed by atoms with Crippen LogP contribution in [0.3, 0.4) is 0 Å². The number of nitrogens with zero attached hydrogens (tertiary/aromatic N) is 2. The molecule has 0 radical (unpaired) electrons. The van der Waals surface area contributed by atoms with Gasteiger partial charge in [-0.25, -0.2) is 0 Å². The smallest absolute Gasteiger partial charge is 0.215 e. The Morgan fingerprint density at radius 2 is 1.94 bits per heavy atom. The number of aromatic nitrogens is 1. The average molecular weight is 246 g/mol. The summed E-state index contributed by atoms with van der Waals surface area (Å²) < 4.78 is 6.03. The molecule has 0 amide bonds. The van der Waals surface area contributed by atoms with Gasteiger partial charge in [0.05, 0.1) is 0 Å². The molecule has 0 unspecified atom stereocenters. The maximum atomic E-state index is 6.03. The third-order valence-corrected chi connectivity index (χ3v) is 4.14. The topological polar surface area (TPSA) is 25.4 Å². The van der Waals surface area contributed by atoms with Crippen molar-refractivity contribution in [1.29, 1.82) is 0 Å². The summed E-state index contributed by atoms with van der Waals surface area (Å²) in [4.78, 5) is 6.91. The third kappa shape index (κ3) is 2.60. The maximum absolute atomic E-state index is 6.03. The minimum atomic E-state index is 0.375. The van der Waals surface area contributed by atoms with Crippen molar-refractivity contribution in [2.45, 2.75) is 45.1 Å². The molecule has 1 aromatic rings. The average Bonchev–Trinajstić information content (AvgIpc) is 2.31. The Kier molecular flexibility index (Phi) is 3.39. The second-order valence-electron chi connectivity index (χ2n) is 5.67. The fourth-order valence-corrected chi connectivity index (χ4v) is 2.71. The van der Waals surface area contributed by atoms with Gasteiger partial charge in [-0.15, -0.1) is 0 Å². The first-order chi connectivity index (χ1) is 8.81. The second-order valence-corrected chi connectivity index (χ2v) is 5.67. The zero-order chi connectivity index (χ0) is 12.4.